The number of rotatable bonds is 2. The molecule has 0 aliphatic heterocycles. The van der Waals surface area contributed by atoms with E-state index in [9.17, 15) is 0 Å². The average Bonchev–Trinajstić information content (AvgIpc) is 1.84. The van der Waals surface area contributed by atoms with Crippen molar-refractivity contribution in [2.24, 2.45) is 0 Å². The standard InChI is InChI=1S/C5H9BrN2/c1-4(8-2)5(6)3-7/h3,7-8H,1-2H3/b5-4-,7-3?. The van der Waals surface area contributed by atoms with Crippen LogP contribution in [0.5, 0.6) is 0 Å². The molecule has 0 radical (unpaired) electrons. The summed E-state index contributed by atoms with van der Waals surface area (Å²) in [6, 6.07) is 0. The van der Waals surface area contributed by atoms with E-state index in [1.807, 2.05) is 14.0 Å². The van der Waals surface area contributed by atoms with Crippen LogP contribution in [0.15, 0.2) is 10.2 Å². The molecule has 0 bridgehead atoms. The van der Waals surface area contributed by atoms with E-state index >= 15 is 0 Å². The van der Waals surface area contributed by atoms with Gasteiger partial charge in [-0.2, -0.15) is 0 Å². The Bertz CT molecular complexity index is 118. The van der Waals surface area contributed by atoms with Crippen LogP contribution in [0.2, 0.25) is 0 Å². The Morgan fingerprint density at radius 2 is 2.25 bits per heavy atom. The summed E-state index contributed by atoms with van der Waals surface area (Å²) in [5.74, 6) is 0. The maximum absolute atomic E-state index is 6.77. The number of allylic oxidation sites excluding steroid dienone is 2. The lowest BCUT2D eigenvalue weighted by Crippen LogP contribution is -2.03. The number of halogens is 1. The first-order chi connectivity index (χ1) is 3.72. The van der Waals surface area contributed by atoms with Crippen molar-refractivity contribution in [3.8, 4) is 0 Å². The van der Waals surface area contributed by atoms with Crippen molar-refractivity contribution >= 4 is 22.1 Å². The average molecular weight is 177 g/mol. The Morgan fingerprint density at radius 3 is 2.38 bits per heavy atom. The molecule has 0 spiro atoms. The zero-order valence-electron chi connectivity index (χ0n) is 4.96. The molecule has 8 heavy (non-hydrogen) atoms. The van der Waals surface area contributed by atoms with Gasteiger partial charge < -0.3 is 10.7 Å². The van der Waals surface area contributed by atoms with Crippen LogP contribution in [0.25, 0.3) is 0 Å². The van der Waals surface area contributed by atoms with Crippen LogP contribution in [-0.2, 0) is 0 Å². The van der Waals surface area contributed by atoms with Gasteiger partial charge in [0.1, 0.15) is 0 Å². The van der Waals surface area contributed by atoms with Gasteiger partial charge >= 0.3 is 0 Å². The molecule has 2 N–H and O–H groups in total. The van der Waals surface area contributed by atoms with Gasteiger partial charge in [-0.1, -0.05) is 0 Å². The highest BCUT2D eigenvalue weighted by Gasteiger charge is 1.87. The van der Waals surface area contributed by atoms with Gasteiger partial charge in [-0.3, -0.25) is 0 Å². The van der Waals surface area contributed by atoms with Crippen LogP contribution in [0, 0.1) is 5.41 Å². The van der Waals surface area contributed by atoms with Crippen LogP contribution >= 0.6 is 15.9 Å². The van der Waals surface area contributed by atoms with Gasteiger partial charge in [0.05, 0.1) is 4.48 Å². The van der Waals surface area contributed by atoms with Crippen molar-refractivity contribution in [3.05, 3.63) is 10.2 Å². The normalized spacial score (nSPS) is 12.4. The predicted molar refractivity (Wildman–Crippen MR) is 39.5 cm³/mol. The first kappa shape index (κ1) is 7.69. The van der Waals surface area contributed by atoms with E-state index in [1.54, 1.807) is 0 Å². The van der Waals surface area contributed by atoms with Crippen LogP contribution in [0.4, 0.5) is 0 Å². The molecule has 3 heteroatoms. The summed E-state index contributed by atoms with van der Waals surface area (Å²) in [4.78, 5) is 0. The molecule has 0 unspecified atom stereocenters. The summed E-state index contributed by atoms with van der Waals surface area (Å²) in [6.07, 6.45) is 1.26. The minimum atomic E-state index is 0.792. The van der Waals surface area contributed by atoms with Crippen LogP contribution < -0.4 is 5.32 Å². The molecule has 0 aliphatic rings. The van der Waals surface area contributed by atoms with E-state index in [0.29, 0.717) is 0 Å². The fourth-order valence-electron chi connectivity index (χ4n) is 0.228. The summed E-state index contributed by atoms with van der Waals surface area (Å²) >= 11 is 3.18. The van der Waals surface area contributed by atoms with Crippen molar-refractivity contribution in [2.75, 3.05) is 7.05 Å². The second-order valence-corrected chi connectivity index (χ2v) is 2.22. The van der Waals surface area contributed by atoms with E-state index < -0.39 is 0 Å². The Kier molecular flexibility index (Phi) is 3.52. The van der Waals surface area contributed by atoms with Crippen molar-refractivity contribution in [3.63, 3.8) is 0 Å². The lowest BCUT2D eigenvalue weighted by Gasteiger charge is -1.97. The maximum atomic E-state index is 6.77. The second kappa shape index (κ2) is 3.66. The van der Waals surface area contributed by atoms with Crippen LogP contribution in [-0.4, -0.2) is 13.3 Å². The Balaban J connectivity index is 4.03. The number of hydrogen-bond donors (Lipinski definition) is 2. The first-order valence-corrected chi connectivity index (χ1v) is 3.06. The van der Waals surface area contributed by atoms with Gasteiger partial charge in [0, 0.05) is 19.0 Å². The summed E-state index contributed by atoms with van der Waals surface area (Å²) in [5, 5.41) is 9.67. The highest BCUT2D eigenvalue weighted by atomic mass is 79.9. The highest BCUT2D eigenvalue weighted by Crippen LogP contribution is 2.04. The molecule has 0 fully saturated rings. The van der Waals surface area contributed by atoms with Crippen LogP contribution in [0.1, 0.15) is 6.92 Å². The molecule has 0 atom stereocenters. The molecular formula is C5H9BrN2. The van der Waals surface area contributed by atoms with Crippen molar-refractivity contribution in [1.29, 1.82) is 5.41 Å². The molecule has 0 aliphatic carbocycles. The predicted octanol–water partition coefficient (Wildman–Crippen LogP) is 1.48. The molecule has 0 heterocycles. The third kappa shape index (κ3) is 2.12. The van der Waals surface area contributed by atoms with Crippen molar-refractivity contribution in [2.45, 2.75) is 6.92 Å². The lowest BCUT2D eigenvalue weighted by atomic mass is 10.4. The topological polar surface area (TPSA) is 35.9 Å². The smallest absolute Gasteiger partial charge is 0.0537 e. The molecule has 0 rings (SSSR count). The second-order valence-electron chi connectivity index (χ2n) is 1.37. The van der Waals surface area contributed by atoms with Gasteiger partial charge in [0.25, 0.3) is 0 Å². The molecule has 0 amide bonds. The van der Waals surface area contributed by atoms with E-state index in [0.717, 1.165) is 10.2 Å². The molecule has 0 aromatic heterocycles. The Labute approximate surface area is 57.6 Å². The van der Waals surface area contributed by atoms with Gasteiger partial charge in [-0.15, -0.1) is 0 Å². The lowest BCUT2D eigenvalue weighted by molar-refractivity contribution is 0.991. The Morgan fingerprint density at radius 1 is 1.75 bits per heavy atom. The van der Waals surface area contributed by atoms with Gasteiger partial charge in [-0.25, -0.2) is 0 Å². The first-order valence-electron chi connectivity index (χ1n) is 2.27. The molecule has 0 saturated heterocycles. The molecule has 0 saturated carbocycles. The minimum absolute atomic E-state index is 0.792. The van der Waals surface area contributed by atoms with Crippen molar-refractivity contribution < 1.29 is 0 Å². The number of nitrogens with one attached hydrogen (secondary N) is 2. The summed E-state index contributed by atoms with van der Waals surface area (Å²) in [5.41, 5.74) is 0.972. The quantitative estimate of drug-likeness (QED) is 0.615. The third-order valence-electron chi connectivity index (χ3n) is 0.860. The molecule has 0 aromatic rings. The van der Waals surface area contributed by atoms with Gasteiger partial charge in [0.15, 0.2) is 0 Å². The minimum Gasteiger partial charge on any atom is -0.391 e. The molecular weight excluding hydrogens is 168 g/mol. The fourth-order valence-corrected chi connectivity index (χ4v) is 0.426. The summed E-state index contributed by atoms with van der Waals surface area (Å²) in [7, 11) is 1.82. The zero-order valence-corrected chi connectivity index (χ0v) is 6.54. The van der Waals surface area contributed by atoms with Gasteiger partial charge in [0.2, 0.25) is 0 Å². The SMILES string of the molecule is CN/C(C)=C(\Br)C=N. The highest BCUT2D eigenvalue weighted by molar-refractivity contribution is 9.12. The zero-order chi connectivity index (χ0) is 6.57. The fraction of sp³-hybridized carbons (Fsp3) is 0.400. The summed E-state index contributed by atoms with van der Waals surface area (Å²) < 4.78 is 0.792. The van der Waals surface area contributed by atoms with E-state index in [-0.39, 0.29) is 0 Å². The van der Waals surface area contributed by atoms with E-state index in [4.69, 9.17) is 5.41 Å². The summed E-state index contributed by atoms with van der Waals surface area (Å²) in [6.45, 7) is 1.90. The van der Waals surface area contributed by atoms with Gasteiger partial charge in [-0.05, 0) is 22.9 Å². The third-order valence-corrected chi connectivity index (χ3v) is 1.68. The molecule has 46 valence electrons. The van der Waals surface area contributed by atoms with Crippen LogP contribution in [0.3, 0.4) is 0 Å². The largest absolute Gasteiger partial charge is 0.391 e. The Hall–Kier alpha value is -0.310. The molecule has 0 aromatic carbocycles. The van der Waals surface area contributed by atoms with E-state index in [1.165, 1.54) is 6.21 Å². The van der Waals surface area contributed by atoms with E-state index in [2.05, 4.69) is 21.2 Å². The maximum Gasteiger partial charge on any atom is 0.0537 e. The molecule has 2 nitrogen and oxygen atoms in total. The van der Waals surface area contributed by atoms with Crippen molar-refractivity contribution in [1.82, 2.24) is 5.32 Å². The number of hydrogen-bond acceptors (Lipinski definition) is 2. The monoisotopic (exact) mass is 176 g/mol.